The first-order chi connectivity index (χ1) is 7.15. The highest BCUT2D eigenvalue weighted by Crippen LogP contribution is 2.07. The van der Waals surface area contributed by atoms with Crippen molar-refractivity contribution >= 4 is 24.0 Å². The van der Waals surface area contributed by atoms with E-state index in [0.717, 1.165) is 5.01 Å². The second-order valence-corrected chi connectivity index (χ2v) is 2.90. The van der Waals surface area contributed by atoms with E-state index in [2.05, 4.69) is 10.4 Å². The molecule has 15 heavy (non-hydrogen) atoms. The number of hydrogen-bond donors (Lipinski definition) is 2. The molecule has 2 heterocycles. The third-order valence-electron chi connectivity index (χ3n) is 1.75. The molecule has 0 aliphatic carbocycles. The smallest absolute Gasteiger partial charge is 0.344 e. The first-order valence-corrected chi connectivity index (χ1v) is 4.16. The Bertz CT molecular complexity index is 437. The van der Waals surface area contributed by atoms with E-state index >= 15 is 0 Å². The van der Waals surface area contributed by atoms with Gasteiger partial charge in [0.15, 0.2) is 5.88 Å². The predicted molar refractivity (Wildman–Crippen MR) is 51.0 cm³/mol. The van der Waals surface area contributed by atoms with Crippen molar-refractivity contribution < 1.29 is 14.0 Å². The number of furan rings is 1. The summed E-state index contributed by atoms with van der Waals surface area (Å²) in [7, 11) is 0. The fourth-order valence-corrected chi connectivity index (χ4v) is 1.09. The molecular weight excluding hydrogens is 200 g/mol. The van der Waals surface area contributed by atoms with E-state index < -0.39 is 6.03 Å². The van der Waals surface area contributed by atoms with E-state index in [1.54, 1.807) is 12.1 Å². The summed E-state index contributed by atoms with van der Waals surface area (Å²) in [5.41, 5.74) is 5.34. The van der Waals surface area contributed by atoms with Crippen LogP contribution in [0.2, 0.25) is 0 Å². The third-order valence-corrected chi connectivity index (χ3v) is 1.75. The lowest BCUT2D eigenvalue weighted by molar-refractivity contribution is -0.118. The Morgan fingerprint density at radius 3 is 2.87 bits per heavy atom. The van der Waals surface area contributed by atoms with Gasteiger partial charge in [0.1, 0.15) is 12.3 Å². The molecule has 78 valence electrons. The number of amides is 3. The maximum Gasteiger partial charge on any atom is 0.344 e. The van der Waals surface area contributed by atoms with Gasteiger partial charge < -0.3 is 10.2 Å². The molecule has 7 heteroatoms. The number of anilines is 1. The highest BCUT2D eigenvalue weighted by atomic mass is 16.3. The van der Waals surface area contributed by atoms with Crippen LogP contribution in [0, 0.1) is 0 Å². The summed E-state index contributed by atoms with van der Waals surface area (Å²) in [6.45, 7) is -0.0779. The minimum atomic E-state index is -0.546. The average Bonchev–Trinajstić information content (AvgIpc) is 2.70. The molecule has 1 aliphatic rings. The average molecular weight is 208 g/mol. The second-order valence-electron chi connectivity index (χ2n) is 2.90. The monoisotopic (exact) mass is 208 g/mol. The van der Waals surface area contributed by atoms with Crippen molar-refractivity contribution in [2.24, 2.45) is 5.10 Å². The summed E-state index contributed by atoms with van der Waals surface area (Å²) >= 11 is 0. The van der Waals surface area contributed by atoms with Crippen LogP contribution in [0.1, 0.15) is 5.76 Å². The Balaban J connectivity index is 2.06. The molecule has 1 aliphatic heterocycles. The summed E-state index contributed by atoms with van der Waals surface area (Å²) in [6.07, 6.45) is 1.31. The molecule has 0 unspecified atom stereocenters. The summed E-state index contributed by atoms with van der Waals surface area (Å²) in [5.74, 6) is 0.300. The molecule has 1 aromatic heterocycles. The minimum Gasteiger partial charge on any atom is -0.440 e. The normalized spacial score (nSPS) is 16.4. The fraction of sp³-hybridized carbons (Fsp3) is 0.125. The molecule has 2 rings (SSSR count). The van der Waals surface area contributed by atoms with Crippen LogP contribution in [0.3, 0.4) is 0 Å². The van der Waals surface area contributed by atoms with Gasteiger partial charge in [-0.15, -0.1) is 0 Å². The summed E-state index contributed by atoms with van der Waals surface area (Å²) in [6, 6.07) is 2.63. The zero-order valence-corrected chi connectivity index (χ0v) is 7.64. The number of hydrogen-bond acceptors (Lipinski definition) is 5. The van der Waals surface area contributed by atoms with Crippen molar-refractivity contribution in [3.05, 3.63) is 17.9 Å². The van der Waals surface area contributed by atoms with Crippen molar-refractivity contribution in [1.29, 1.82) is 0 Å². The highest BCUT2D eigenvalue weighted by molar-refractivity contribution is 6.02. The largest absolute Gasteiger partial charge is 0.440 e. The molecule has 0 spiro atoms. The van der Waals surface area contributed by atoms with E-state index in [-0.39, 0.29) is 18.3 Å². The number of nitrogen functional groups attached to an aromatic ring is 1. The van der Waals surface area contributed by atoms with Gasteiger partial charge in [-0.3, -0.25) is 10.1 Å². The standard InChI is InChI=1S/C8H8N4O3/c9-6-2-1-5(15-6)3-10-12-4-7(13)11-8(12)14/h1-3H,4,9H2,(H,11,13,14). The molecule has 3 N–H and O–H groups in total. The Kier molecular flexibility index (Phi) is 2.13. The van der Waals surface area contributed by atoms with Crippen LogP contribution in [0.25, 0.3) is 0 Å². The van der Waals surface area contributed by atoms with Crippen molar-refractivity contribution in [3.63, 3.8) is 0 Å². The molecule has 1 aromatic rings. The molecular formula is C8H8N4O3. The van der Waals surface area contributed by atoms with Gasteiger partial charge >= 0.3 is 6.03 Å². The first kappa shape index (κ1) is 9.25. The molecule has 0 radical (unpaired) electrons. The predicted octanol–water partition coefficient (Wildman–Crippen LogP) is -0.253. The van der Waals surface area contributed by atoms with Crippen molar-refractivity contribution in [1.82, 2.24) is 10.3 Å². The van der Waals surface area contributed by atoms with Gasteiger partial charge in [0, 0.05) is 6.07 Å². The Morgan fingerprint density at radius 1 is 1.53 bits per heavy atom. The number of carbonyl (C=O) groups excluding carboxylic acids is 2. The lowest BCUT2D eigenvalue weighted by Crippen LogP contribution is -2.24. The zero-order chi connectivity index (χ0) is 10.8. The number of nitrogens with one attached hydrogen (secondary N) is 1. The zero-order valence-electron chi connectivity index (χ0n) is 7.64. The fourth-order valence-electron chi connectivity index (χ4n) is 1.09. The lowest BCUT2D eigenvalue weighted by atomic mass is 10.5. The maximum absolute atomic E-state index is 11.0. The molecule has 3 amide bonds. The molecule has 0 bridgehead atoms. The topological polar surface area (TPSA) is 101 Å². The van der Waals surface area contributed by atoms with Gasteiger partial charge in [0.25, 0.3) is 0 Å². The van der Waals surface area contributed by atoms with Crippen LogP contribution in [0.15, 0.2) is 21.7 Å². The lowest BCUT2D eigenvalue weighted by Gasteiger charge is -2.02. The Morgan fingerprint density at radius 2 is 2.33 bits per heavy atom. The van der Waals surface area contributed by atoms with Crippen LogP contribution in [0.5, 0.6) is 0 Å². The quantitative estimate of drug-likeness (QED) is 0.516. The maximum atomic E-state index is 11.0. The number of hydrazone groups is 1. The van der Waals surface area contributed by atoms with E-state index in [1.807, 2.05) is 0 Å². The summed E-state index contributed by atoms with van der Waals surface area (Å²) < 4.78 is 4.99. The van der Waals surface area contributed by atoms with Crippen LogP contribution in [-0.2, 0) is 4.79 Å². The molecule has 0 saturated carbocycles. The van der Waals surface area contributed by atoms with Gasteiger partial charge in [-0.2, -0.15) is 5.10 Å². The van der Waals surface area contributed by atoms with Crippen molar-refractivity contribution in [2.75, 3.05) is 12.3 Å². The van der Waals surface area contributed by atoms with Crippen LogP contribution in [0.4, 0.5) is 10.7 Å². The summed E-state index contributed by atoms with van der Waals surface area (Å²) in [4.78, 5) is 21.8. The van der Waals surface area contributed by atoms with Crippen LogP contribution in [-0.4, -0.2) is 29.7 Å². The van der Waals surface area contributed by atoms with Gasteiger partial charge in [-0.25, -0.2) is 9.80 Å². The number of urea groups is 1. The number of imide groups is 1. The van der Waals surface area contributed by atoms with Gasteiger partial charge in [-0.05, 0) is 6.07 Å². The van der Waals surface area contributed by atoms with Crippen LogP contribution < -0.4 is 11.1 Å². The van der Waals surface area contributed by atoms with E-state index in [4.69, 9.17) is 10.2 Å². The van der Waals surface area contributed by atoms with E-state index in [9.17, 15) is 9.59 Å². The number of carbonyl (C=O) groups is 2. The van der Waals surface area contributed by atoms with Gasteiger partial charge in [0.05, 0.1) is 6.21 Å². The van der Waals surface area contributed by atoms with Gasteiger partial charge in [0.2, 0.25) is 5.91 Å². The van der Waals surface area contributed by atoms with E-state index in [0.29, 0.717) is 5.76 Å². The number of nitrogens with zero attached hydrogens (tertiary/aromatic N) is 2. The second kappa shape index (κ2) is 3.45. The molecule has 0 aromatic carbocycles. The minimum absolute atomic E-state index is 0.0779. The first-order valence-electron chi connectivity index (χ1n) is 4.16. The Labute approximate surface area is 84.5 Å². The highest BCUT2D eigenvalue weighted by Gasteiger charge is 2.25. The van der Waals surface area contributed by atoms with Gasteiger partial charge in [-0.1, -0.05) is 0 Å². The molecule has 1 saturated heterocycles. The van der Waals surface area contributed by atoms with E-state index in [1.165, 1.54) is 6.21 Å². The SMILES string of the molecule is Nc1ccc(C=NN2CC(=O)NC2=O)o1. The Hall–Kier alpha value is -2.31. The summed E-state index contributed by atoms with van der Waals surface area (Å²) in [5, 5.41) is 6.85. The van der Waals surface area contributed by atoms with Crippen molar-refractivity contribution in [2.45, 2.75) is 0 Å². The molecule has 0 atom stereocenters. The van der Waals surface area contributed by atoms with Crippen molar-refractivity contribution in [3.8, 4) is 0 Å². The van der Waals surface area contributed by atoms with Crippen LogP contribution >= 0.6 is 0 Å². The number of rotatable bonds is 2. The third kappa shape index (κ3) is 1.96. The number of nitrogens with two attached hydrogens (primary N) is 1. The molecule has 1 fully saturated rings. The molecule has 7 nitrogen and oxygen atoms in total.